The second kappa shape index (κ2) is 9.12. The number of fused-ring (bicyclic) bond motifs is 3. The highest BCUT2D eigenvalue weighted by Crippen LogP contribution is 2.76. The molecule has 10 atom stereocenters. The van der Waals surface area contributed by atoms with Crippen molar-refractivity contribution in [1.29, 1.82) is 0 Å². The van der Waals surface area contributed by atoms with Crippen LogP contribution in [0, 0.1) is 28.6 Å². The van der Waals surface area contributed by atoms with Crippen molar-refractivity contribution in [2.45, 2.75) is 128 Å². The molecule has 6 rings (SSSR count). The molecular weight excluding hydrogens is 528 g/mol. The first-order valence-corrected chi connectivity index (χ1v) is 15.3. The predicted octanol–water partition coefficient (Wildman–Crippen LogP) is 3.98. The third-order valence-corrected chi connectivity index (χ3v) is 12.7. The molecule has 0 aromatic rings. The maximum absolute atomic E-state index is 13.8. The Hall–Kier alpha value is -2.26. The number of hydrogen-bond acceptors (Lipinski definition) is 9. The number of esters is 3. The van der Waals surface area contributed by atoms with Crippen LogP contribution in [0.25, 0.3) is 0 Å². The Balaban J connectivity index is 1.38. The fourth-order valence-corrected chi connectivity index (χ4v) is 10.8. The highest BCUT2D eigenvalue weighted by molar-refractivity contribution is 5.91. The fraction of sp³-hybridized carbons (Fsp3) is 0.812. The summed E-state index contributed by atoms with van der Waals surface area (Å²) < 4.78 is 24.3. The topological polar surface area (TPSA) is 125 Å². The van der Waals surface area contributed by atoms with Gasteiger partial charge in [0.1, 0.15) is 35.8 Å². The van der Waals surface area contributed by atoms with E-state index in [1.54, 1.807) is 0 Å². The number of Topliss-reactive ketones (excluding diaryl/α,β-unsaturated/α-hetero) is 1. The molecule has 0 spiro atoms. The van der Waals surface area contributed by atoms with Gasteiger partial charge >= 0.3 is 17.9 Å². The van der Waals surface area contributed by atoms with Gasteiger partial charge in [-0.25, -0.2) is 4.79 Å². The Bertz CT molecular complexity index is 1240. The van der Waals surface area contributed by atoms with Crippen LogP contribution in [0.2, 0.25) is 0 Å². The summed E-state index contributed by atoms with van der Waals surface area (Å²) in [5.41, 5.74) is -2.81. The van der Waals surface area contributed by atoms with Gasteiger partial charge in [-0.3, -0.25) is 14.4 Å². The lowest BCUT2D eigenvalue weighted by atomic mass is 9.41. The molecule has 1 saturated heterocycles. The fourth-order valence-electron chi connectivity index (χ4n) is 10.8. The van der Waals surface area contributed by atoms with Crippen LogP contribution in [-0.4, -0.2) is 64.4 Å². The molecule has 6 aliphatic rings. The number of hydrogen-bond donors (Lipinski definition) is 1. The van der Waals surface area contributed by atoms with Crippen LogP contribution in [0.5, 0.6) is 0 Å². The average Bonchev–Trinajstić information content (AvgIpc) is 3.29. The Morgan fingerprint density at radius 2 is 1.76 bits per heavy atom. The number of ketones is 1. The van der Waals surface area contributed by atoms with Crippen molar-refractivity contribution in [3.63, 3.8) is 0 Å². The number of aliphatic hydroxyl groups is 1. The molecule has 0 unspecified atom stereocenters. The lowest BCUT2D eigenvalue weighted by Gasteiger charge is -2.65. The lowest BCUT2D eigenvalue weighted by molar-refractivity contribution is -0.283. The number of rotatable bonds is 4. The molecule has 9 nitrogen and oxygen atoms in total. The predicted molar refractivity (Wildman–Crippen MR) is 145 cm³/mol. The maximum Gasteiger partial charge on any atom is 0.337 e. The first-order valence-electron chi connectivity index (χ1n) is 15.3. The molecule has 0 radical (unpaired) electrons. The van der Waals surface area contributed by atoms with Gasteiger partial charge in [0, 0.05) is 32.1 Å². The molecule has 2 bridgehead atoms. The highest BCUT2D eigenvalue weighted by atomic mass is 16.6. The quantitative estimate of drug-likeness (QED) is 0.393. The van der Waals surface area contributed by atoms with Crippen molar-refractivity contribution >= 4 is 23.7 Å². The van der Waals surface area contributed by atoms with Crippen LogP contribution < -0.4 is 0 Å². The Kier molecular flexibility index (Phi) is 6.41. The van der Waals surface area contributed by atoms with Crippen LogP contribution in [-0.2, 0) is 38.1 Å². The number of cyclic esters (lactones) is 1. The van der Waals surface area contributed by atoms with Gasteiger partial charge in [0.2, 0.25) is 0 Å². The van der Waals surface area contributed by atoms with Crippen LogP contribution in [0.1, 0.15) is 99.3 Å². The second-order valence-electron chi connectivity index (χ2n) is 14.3. The van der Waals surface area contributed by atoms with E-state index in [2.05, 4.69) is 13.8 Å². The van der Waals surface area contributed by atoms with E-state index in [1.807, 2.05) is 13.8 Å². The third-order valence-electron chi connectivity index (χ3n) is 12.7. The third kappa shape index (κ3) is 3.60. The van der Waals surface area contributed by atoms with Gasteiger partial charge in [-0.1, -0.05) is 12.5 Å². The normalized spacial score (nSPS) is 48.6. The smallest absolute Gasteiger partial charge is 0.337 e. The van der Waals surface area contributed by atoms with Crippen molar-refractivity contribution in [2.75, 3.05) is 6.61 Å². The maximum atomic E-state index is 13.8. The van der Waals surface area contributed by atoms with E-state index in [4.69, 9.17) is 18.9 Å². The molecule has 5 fully saturated rings. The highest BCUT2D eigenvalue weighted by Gasteiger charge is 2.80. The van der Waals surface area contributed by atoms with E-state index in [-0.39, 0.29) is 35.6 Å². The van der Waals surface area contributed by atoms with E-state index in [9.17, 15) is 24.3 Å². The minimum atomic E-state index is -1.40. The molecule has 2 aliphatic heterocycles. The van der Waals surface area contributed by atoms with Crippen molar-refractivity contribution in [1.82, 2.24) is 0 Å². The molecule has 2 heterocycles. The summed E-state index contributed by atoms with van der Waals surface area (Å²) in [7, 11) is 0. The summed E-state index contributed by atoms with van der Waals surface area (Å²) >= 11 is 0. The summed E-state index contributed by atoms with van der Waals surface area (Å²) in [5.74, 6) is -1.41. The molecular formula is C32H44O9. The van der Waals surface area contributed by atoms with E-state index in [1.165, 1.54) is 13.8 Å². The van der Waals surface area contributed by atoms with Gasteiger partial charge < -0.3 is 24.1 Å². The first kappa shape index (κ1) is 28.8. The Morgan fingerprint density at radius 3 is 2.41 bits per heavy atom. The van der Waals surface area contributed by atoms with Crippen molar-refractivity contribution in [3.8, 4) is 0 Å². The zero-order chi connectivity index (χ0) is 29.8. The van der Waals surface area contributed by atoms with Crippen molar-refractivity contribution in [2.24, 2.45) is 28.6 Å². The van der Waals surface area contributed by atoms with Crippen molar-refractivity contribution in [3.05, 3.63) is 11.1 Å². The summed E-state index contributed by atoms with van der Waals surface area (Å²) in [4.78, 5) is 50.5. The second-order valence-corrected chi connectivity index (χ2v) is 14.3. The van der Waals surface area contributed by atoms with E-state index in [0.717, 1.165) is 31.3 Å². The van der Waals surface area contributed by atoms with Crippen LogP contribution >= 0.6 is 0 Å². The van der Waals surface area contributed by atoms with Gasteiger partial charge in [0.15, 0.2) is 0 Å². The SMILES string of the molecule is CC(=O)OCC1=C(C)C[C@H]([C@]2(C)O[C@@]34CC[C@@H]2[C@@]3(C)CC[C@H]2[C@H]4C[C@@H](OC(C)=O)[C@@]3(O)CCCC(=O)[C@]23C)OC1=O. The average molecular weight is 573 g/mol. The molecule has 0 aromatic carbocycles. The molecule has 4 aliphatic carbocycles. The molecule has 0 amide bonds. The first-order chi connectivity index (χ1) is 19.1. The molecule has 1 N–H and O–H groups in total. The monoisotopic (exact) mass is 572 g/mol. The Labute approximate surface area is 241 Å². The summed E-state index contributed by atoms with van der Waals surface area (Å²) in [6.45, 7) is 10.7. The van der Waals surface area contributed by atoms with E-state index in [0.29, 0.717) is 37.7 Å². The van der Waals surface area contributed by atoms with E-state index >= 15 is 0 Å². The van der Waals surface area contributed by atoms with Gasteiger partial charge in [0.25, 0.3) is 0 Å². The number of carbonyl (C=O) groups is 4. The van der Waals surface area contributed by atoms with E-state index < -0.39 is 52.3 Å². The van der Waals surface area contributed by atoms with Crippen LogP contribution in [0.4, 0.5) is 0 Å². The minimum Gasteiger partial charge on any atom is -0.461 e. The molecule has 41 heavy (non-hydrogen) atoms. The molecule has 226 valence electrons. The zero-order valence-corrected chi connectivity index (χ0v) is 25.2. The zero-order valence-electron chi connectivity index (χ0n) is 25.2. The van der Waals surface area contributed by atoms with Gasteiger partial charge in [-0.2, -0.15) is 0 Å². The molecule has 0 aromatic heterocycles. The number of ether oxygens (including phenoxy) is 4. The van der Waals surface area contributed by atoms with Crippen LogP contribution in [0.3, 0.4) is 0 Å². The molecule has 9 heteroatoms. The lowest BCUT2D eigenvalue weighted by Crippen LogP contribution is -2.73. The minimum absolute atomic E-state index is 0.0516. The van der Waals surface area contributed by atoms with Gasteiger partial charge in [-0.15, -0.1) is 0 Å². The van der Waals surface area contributed by atoms with Crippen LogP contribution in [0.15, 0.2) is 11.1 Å². The number of carbonyl (C=O) groups excluding carboxylic acids is 4. The Morgan fingerprint density at radius 1 is 1.02 bits per heavy atom. The van der Waals surface area contributed by atoms with Gasteiger partial charge in [-0.05, 0) is 83.5 Å². The summed E-state index contributed by atoms with van der Waals surface area (Å²) in [6.07, 6.45) is 4.41. The van der Waals surface area contributed by atoms with Crippen molar-refractivity contribution < 1.29 is 43.2 Å². The summed E-state index contributed by atoms with van der Waals surface area (Å²) in [5, 5.41) is 12.2. The standard InChI is InChI=1S/C32H44O9/c1-17-14-25(40-27(36)20(17)16-38-18(2)33)30(6)23-10-13-32(41-30)22-15-26(39-19(3)34)31(37)11-7-8-24(35)29(31,5)21(22)9-12-28(23,32)4/h21-23,25-26,37H,7-16H2,1-6H3/t21-,22+,23+,25+,26+,28+,29-,30+,31-,32+/m0/s1. The summed E-state index contributed by atoms with van der Waals surface area (Å²) in [6, 6.07) is 0. The molecule has 4 saturated carbocycles. The largest absolute Gasteiger partial charge is 0.461 e. The van der Waals surface area contributed by atoms with Gasteiger partial charge in [0.05, 0.1) is 16.6 Å².